The van der Waals surface area contributed by atoms with Crippen LogP contribution in [0.2, 0.25) is 0 Å². The molecule has 1 unspecified atom stereocenters. The molecule has 0 spiro atoms. The number of hydrogen-bond donors (Lipinski definition) is 2. The molecule has 0 aliphatic carbocycles. The number of aromatic nitrogens is 3. The summed E-state index contributed by atoms with van der Waals surface area (Å²) in [7, 11) is 1.89. The second kappa shape index (κ2) is 8.59. The van der Waals surface area contributed by atoms with E-state index in [9.17, 15) is 9.90 Å². The van der Waals surface area contributed by atoms with Gasteiger partial charge >= 0.3 is 0 Å². The van der Waals surface area contributed by atoms with Crippen LogP contribution in [0, 0.1) is 0 Å². The molecule has 1 atom stereocenters. The Balaban J connectivity index is 1.65. The Morgan fingerprint density at radius 3 is 2.30 bits per heavy atom. The molecule has 0 saturated carbocycles. The third kappa shape index (κ3) is 3.83. The van der Waals surface area contributed by atoms with Gasteiger partial charge in [-0.05, 0) is 11.6 Å². The lowest BCUT2D eigenvalue weighted by Crippen LogP contribution is -2.31. The molecular formula is C27H22N4O2. The maximum Gasteiger partial charge on any atom is 0.256 e. The third-order valence-corrected chi connectivity index (χ3v) is 5.67. The second-order valence-corrected chi connectivity index (χ2v) is 7.78. The van der Waals surface area contributed by atoms with E-state index in [-0.39, 0.29) is 11.3 Å². The lowest BCUT2D eigenvalue weighted by molar-refractivity contribution is 0.0940. The van der Waals surface area contributed by atoms with Gasteiger partial charge in [0.15, 0.2) is 5.75 Å². The quantitative estimate of drug-likeness (QED) is 0.414. The van der Waals surface area contributed by atoms with Crippen LogP contribution in [0.25, 0.3) is 22.2 Å². The average Bonchev–Trinajstić information content (AvgIpc) is 3.28. The molecule has 1 amide bonds. The van der Waals surface area contributed by atoms with E-state index in [1.165, 1.54) is 0 Å². The van der Waals surface area contributed by atoms with Gasteiger partial charge in [0.25, 0.3) is 5.91 Å². The zero-order valence-electron chi connectivity index (χ0n) is 18.0. The summed E-state index contributed by atoms with van der Waals surface area (Å²) in [6.45, 7) is 0. The van der Waals surface area contributed by atoms with E-state index in [2.05, 4.69) is 15.3 Å². The van der Waals surface area contributed by atoms with Crippen LogP contribution < -0.4 is 5.32 Å². The van der Waals surface area contributed by atoms with Gasteiger partial charge in [0.1, 0.15) is 17.6 Å². The summed E-state index contributed by atoms with van der Waals surface area (Å²) >= 11 is 0. The molecule has 0 radical (unpaired) electrons. The number of imidazole rings is 1. The first kappa shape index (κ1) is 20.5. The van der Waals surface area contributed by atoms with Crippen LogP contribution in [-0.2, 0) is 7.05 Å². The molecule has 3 aromatic carbocycles. The standard InChI is InChI=1S/C27H22N4O2/c1-31-17-16-28-26(31)24(19-12-6-3-7-13-19)30-27(33)22-20-14-8-9-15-21(20)29-23(25(22)32)18-10-4-2-5-11-18/h2-17,24,32H,1H3,(H,30,33). The van der Waals surface area contributed by atoms with E-state index in [1.807, 2.05) is 96.7 Å². The van der Waals surface area contributed by atoms with Crippen LogP contribution in [0.1, 0.15) is 27.8 Å². The van der Waals surface area contributed by atoms with Gasteiger partial charge in [0.05, 0.1) is 11.1 Å². The Morgan fingerprint density at radius 1 is 0.939 bits per heavy atom. The molecular weight excluding hydrogens is 412 g/mol. The third-order valence-electron chi connectivity index (χ3n) is 5.67. The van der Waals surface area contributed by atoms with E-state index in [4.69, 9.17) is 0 Å². The number of nitrogens with zero attached hydrogens (tertiary/aromatic N) is 3. The SMILES string of the molecule is Cn1ccnc1C(NC(=O)c1c(O)c(-c2ccccc2)nc2ccccc12)c1ccccc1. The molecule has 2 aromatic heterocycles. The lowest BCUT2D eigenvalue weighted by atomic mass is 10.0. The first-order valence-corrected chi connectivity index (χ1v) is 10.6. The summed E-state index contributed by atoms with van der Waals surface area (Å²) < 4.78 is 1.87. The van der Waals surface area contributed by atoms with Crippen LogP contribution in [0.15, 0.2) is 97.3 Å². The Hall–Kier alpha value is -4.45. The lowest BCUT2D eigenvalue weighted by Gasteiger charge is -2.20. The minimum Gasteiger partial charge on any atom is -0.505 e. The topological polar surface area (TPSA) is 80.0 Å². The van der Waals surface area contributed by atoms with E-state index < -0.39 is 11.9 Å². The van der Waals surface area contributed by atoms with Gasteiger partial charge in [-0.15, -0.1) is 0 Å². The van der Waals surface area contributed by atoms with Gasteiger partial charge in [-0.2, -0.15) is 0 Å². The Bertz CT molecular complexity index is 1430. The molecule has 5 aromatic rings. The number of nitrogens with one attached hydrogen (secondary N) is 1. The normalized spacial score (nSPS) is 11.9. The molecule has 6 nitrogen and oxygen atoms in total. The number of rotatable bonds is 5. The highest BCUT2D eigenvalue weighted by molar-refractivity contribution is 6.10. The smallest absolute Gasteiger partial charge is 0.256 e. The molecule has 2 heterocycles. The number of carbonyl (C=O) groups is 1. The van der Waals surface area contributed by atoms with E-state index in [0.29, 0.717) is 22.4 Å². The number of para-hydroxylation sites is 1. The van der Waals surface area contributed by atoms with E-state index in [0.717, 1.165) is 11.1 Å². The second-order valence-electron chi connectivity index (χ2n) is 7.78. The van der Waals surface area contributed by atoms with Crippen LogP contribution >= 0.6 is 0 Å². The fourth-order valence-electron chi connectivity index (χ4n) is 4.03. The molecule has 162 valence electrons. The van der Waals surface area contributed by atoms with Crippen molar-refractivity contribution in [3.05, 3.63) is 114 Å². The molecule has 0 bridgehead atoms. The first-order valence-electron chi connectivity index (χ1n) is 10.6. The number of amides is 1. The van der Waals surface area contributed by atoms with Crippen LogP contribution in [0.4, 0.5) is 0 Å². The van der Waals surface area contributed by atoms with Crippen molar-refractivity contribution in [2.45, 2.75) is 6.04 Å². The number of aromatic hydroxyl groups is 1. The fraction of sp³-hybridized carbons (Fsp3) is 0.0741. The Morgan fingerprint density at radius 2 is 1.61 bits per heavy atom. The van der Waals surface area contributed by atoms with Crippen molar-refractivity contribution in [2.24, 2.45) is 7.05 Å². The van der Waals surface area contributed by atoms with Gasteiger partial charge in [0, 0.05) is 30.4 Å². The number of carbonyl (C=O) groups excluding carboxylic acids is 1. The number of pyridine rings is 1. The first-order chi connectivity index (χ1) is 16.1. The summed E-state index contributed by atoms with van der Waals surface area (Å²) in [5, 5.41) is 14.9. The molecule has 0 saturated heterocycles. The van der Waals surface area contributed by atoms with Crippen LogP contribution in [0.3, 0.4) is 0 Å². The highest BCUT2D eigenvalue weighted by Gasteiger charge is 2.26. The maximum atomic E-state index is 13.7. The van der Waals surface area contributed by atoms with Gasteiger partial charge in [-0.3, -0.25) is 4.79 Å². The molecule has 0 aliphatic heterocycles. The van der Waals surface area contributed by atoms with Crippen molar-refractivity contribution in [1.82, 2.24) is 19.9 Å². The molecule has 2 N–H and O–H groups in total. The largest absolute Gasteiger partial charge is 0.505 e. The highest BCUT2D eigenvalue weighted by Crippen LogP contribution is 2.35. The predicted molar refractivity (Wildman–Crippen MR) is 128 cm³/mol. The van der Waals surface area contributed by atoms with E-state index >= 15 is 0 Å². The van der Waals surface area contributed by atoms with Crippen molar-refractivity contribution < 1.29 is 9.90 Å². The summed E-state index contributed by atoms with van der Waals surface area (Å²) in [5.41, 5.74) is 2.81. The van der Waals surface area contributed by atoms with Crippen molar-refractivity contribution in [1.29, 1.82) is 0 Å². The molecule has 5 rings (SSSR count). The van der Waals surface area contributed by atoms with Gasteiger partial charge in [-0.1, -0.05) is 78.9 Å². The van der Waals surface area contributed by atoms with Gasteiger partial charge in [0.2, 0.25) is 0 Å². The number of fused-ring (bicyclic) bond motifs is 1. The summed E-state index contributed by atoms with van der Waals surface area (Å²) in [4.78, 5) is 22.8. The van der Waals surface area contributed by atoms with E-state index in [1.54, 1.807) is 12.3 Å². The molecule has 0 fully saturated rings. The zero-order valence-corrected chi connectivity index (χ0v) is 18.0. The minimum atomic E-state index is -0.495. The maximum absolute atomic E-state index is 13.7. The van der Waals surface area contributed by atoms with Gasteiger partial charge < -0.3 is 15.0 Å². The zero-order chi connectivity index (χ0) is 22.8. The van der Waals surface area contributed by atoms with Gasteiger partial charge in [-0.25, -0.2) is 9.97 Å². The fourth-order valence-corrected chi connectivity index (χ4v) is 4.03. The number of aryl methyl sites for hydroxylation is 1. The summed E-state index contributed by atoms with van der Waals surface area (Å²) in [6.07, 6.45) is 3.54. The number of hydrogen-bond acceptors (Lipinski definition) is 4. The highest BCUT2D eigenvalue weighted by atomic mass is 16.3. The van der Waals surface area contributed by atoms with Crippen molar-refractivity contribution in [2.75, 3.05) is 0 Å². The molecule has 33 heavy (non-hydrogen) atoms. The van der Waals surface area contributed by atoms with Crippen LogP contribution in [-0.4, -0.2) is 25.5 Å². The van der Waals surface area contributed by atoms with Crippen LogP contribution in [0.5, 0.6) is 5.75 Å². The monoisotopic (exact) mass is 434 g/mol. The average molecular weight is 434 g/mol. The predicted octanol–water partition coefficient (Wildman–Crippen LogP) is 4.86. The van der Waals surface area contributed by atoms with Crippen molar-refractivity contribution in [3.8, 4) is 17.0 Å². The number of benzene rings is 3. The Labute approximate surface area is 191 Å². The summed E-state index contributed by atoms with van der Waals surface area (Å²) in [6, 6.07) is 25.9. The molecule has 6 heteroatoms. The van der Waals surface area contributed by atoms with Crippen molar-refractivity contribution >= 4 is 16.8 Å². The van der Waals surface area contributed by atoms with Crippen molar-refractivity contribution in [3.63, 3.8) is 0 Å². The summed E-state index contributed by atoms with van der Waals surface area (Å²) in [5.74, 6) is 0.139. The minimum absolute atomic E-state index is 0.149. The Kier molecular flexibility index (Phi) is 5.32. The molecule has 0 aliphatic rings.